The zero-order valence-corrected chi connectivity index (χ0v) is 13.3. The van der Waals surface area contributed by atoms with E-state index in [2.05, 4.69) is 20.2 Å². The molecule has 0 bridgehead atoms. The average Bonchev–Trinajstić information content (AvgIpc) is 3.02. The Labute approximate surface area is 140 Å². The van der Waals surface area contributed by atoms with Crippen molar-refractivity contribution in [1.29, 1.82) is 0 Å². The summed E-state index contributed by atoms with van der Waals surface area (Å²) < 4.78 is 5.98. The first-order chi connectivity index (χ1) is 11.7. The molecule has 3 rings (SSSR count). The van der Waals surface area contributed by atoms with Crippen LogP contribution in [0.25, 0.3) is 0 Å². The third kappa shape index (κ3) is 4.66. The molecular weight excluding hydrogens is 308 g/mol. The molecule has 126 valence electrons. The van der Waals surface area contributed by atoms with Crippen LogP contribution in [0.5, 0.6) is 5.75 Å². The standard InChI is InChI=1S/C17H20N4O3/c22-16(23)10-20-17-18-8-13(9-19-17)11-21-7-6-15(12-21)24-14-4-2-1-3-5-14/h1-5,8-9,15H,6-7,10-12H2,(H,22,23)(H,18,19,20)/t15-/m0/s1. The van der Waals surface area contributed by atoms with Crippen molar-refractivity contribution in [2.24, 2.45) is 0 Å². The average molecular weight is 328 g/mol. The fourth-order valence-electron chi connectivity index (χ4n) is 2.67. The van der Waals surface area contributed by atoms with Gasteiger partial charge in [-0.15, -0.1) is 0 Å². The second kappa shape index (κ2) is 7.74. The number of rotatable bonds is 7. The second-order valence-electron chi connectivity index (χ2n) is 5.74. The topological polar surface area (TPSA) is 87.6 Å². The van der Waals surface area contributed by atoms with E-state index in [-0.39, 0.29) is 12.6 Å². The van der Waals surface area contributed by atoms with E-state index in [1.807, 2.05) is 30.3 Å². The first-order valence-corrected chi connectivity index (χ1v) is 7.90. The molecule has 1 fully saturated rings. The van der Waals surface area contributed by atoms with Gasteiger partial charge in [-0.25, -0.2) is 9.97 Å². The minimum Gasteiger partial charge on any atom is -0.489 e. The molecule has 0 aliphatic carbocycles. The molecule has 1 saturated heterocycles. The van der Waals surface area contributed by atoms with Crippen molar-refractivity contribution in [3.05, 3.63) is 48.3 Å². The molecule has 0 radical (unpaired) electrons. The van der Waals surface area contributed by atoms with Gasteiger partial charge in [0.2, 0.25) is 5.95 Å². The van der Waals surface area contributed by atoms with Crippen LogP contribution >= 0.6 is 0 Å². The molecule has 2 heterocycles. The molecule has 0 saturated carbocycles. The number of hydrogen-bond donors (Lipinski definition) is 2. The Kier molecular flexibility index (Phi) is 5.22. The maximum Gasteiger partial charge on any atom is 0.322 e. The molecular formula is C17H20N4O3. The van der Waals surface area contributed by atoms with E-state index in [4.69, 9.17) is 9.84 Å². The van der Waals surface area contributed by atoms with Crippen LogP contribution in [-0.4, -0.2) is 51.7 Å². The van der Waals surface area contributed by atoms with E-state index in [0.29, 0.717) is 5.95 Å². The van der Waals surface area contributed by atoms with Gasteiger partial charge in [0.15, 0.2) is 0 Å². The Morgan fingerprint density at radius 1 is 1.29 bits per heavy atom. The third-order valence-electron chi connectivity index (χ3n) is 3.78. The maximum absolute atomic E-state index is 10.5. The van der Waals surface area contributed by atoms with Crippen LogP contribution in [0.3, 0.4) is 0 Å². The first kappa shape index (κ1) is 16.2. The molecule has 2 N–H and O–H groups in total. The van der Waals surface area contributed by atoms with Crippen molar-refractivity contribution in [3.63, 3.8) is 0 Å². The molecule has 1 aliphatic heterocycles. The Bertz CT molecular complexity index is 663. The van der Waals surface area contributed by atoms with Crippen molar-refractivity contribution in [2.75, 3.05) is 25.0 Å². The summed E-state index contributed by atoms with van der Waals surface area (Å²) in [5.41, 5.74) is 0.997. The number of carboxylic acid groups (broad SMARTS) is 1. The summed E-state index contributed by atoms with van der Waals surface area (Å²) in [6, 6.07) is 9.86. The summed E-state index contributed by atoms with van der Waals surface area (Å²) in [6.45, 7) is 2.41. The predicted octanol–water partition coefficient (Wildman–Crippen LogP) is 1.63. The minimum absolute atomic E-state index is 0.190. The van der Waals surface area contributed by atoms with Crippen molar-refractivity contribution in [2.45, 2.75) is 19.1 Å². The van der Waals surface area contributed by atoms with Crippen molar-refractivity contribution in [1.82, 2.24) is 14.9 Å². The van der Waals surface area contributed by atoms with Gasteiger partial charge in [0, 0.05) is 37.6 Å². The lowest BCUT2D eigenvalue weighted by Crippen LogP contribution is -2.24. The molecule has 1 aromatic heterocycles. The minimum atomic E-state index is -0.941. The number of nitrogens with one attached hydrogen (secondary N) is 1. The predicted molar refractivity (Wildman–Crippen MR) is 88.9 cm³/mol. The summed E-state index contributed by atoms with van der Waals surface area (Å²) in [4.78, 5) is 21.1. The number of nitrogens with zero attached hydrogens (tertiary/aromatic N) is 3. The number of carbonyl (C=O) groups is 1. The van der Waals surface area contributed by atoms with Crippen LogP contribution in [0.4, 0.5) is 5.95 Å². The highest BCUT2D eigenvalue weighted by atomic mass is 16.5. The van der Waals surface area contributed by atoms with E-state index < -0.39 is 5.97 Å². The Balaban J connectivity index is 1.47. The number of carboxylic acids is 1. The molecule has 1 aliphatic rings. The highest BCUT2D eigenvalue weighted by molar-refractivity contribution is 5.71. The molecule has 0 amide bonds. The third-order valence-corrected chi connectivity index (χ3v) is 3.78. The van der Waals surface area contributed by atoms with Gasteiger partial charge in [-0.05, 0) is 18.6 Å². The van der Waals surface area contributed by atoms with Crippen LogP contribution in [0, 0.1) is 0 Å². The van der Waals surface area contributed by atoms with Crippen LogP contribution in [-0.2, 0) is 11.3 Å². The highest BCUT2D eigenvalue weighted by Crippen LogP contribution is 2.19. The van der Waals surface area contributed by atoms with Gasteiger partial charge in [-0.1, -0.05) is 18.2 Å². The molecule has 1 aromatic carbocycles. The van der Waals surface area contributed by atoms with Gasteiger partial charge in [-0.2, -0.15) is 0 Å². The summed E-state index contributed by atoms with van der Waals surface area (Å²) >= 11 is 0. The second-order valence-corrected chi connectivity index (χ2v) is 5.74. The van der Waals surface area contributed by atoms with Gasteiger partial charge in [0.25, 0.3) is 0 Å². The normalized spacial score (nSPS) is 17.6. The van der Waals surface area contributed by atoms with Crippen molar-refractivity contribution in [3.8, 4) is 5.75 Å². The van der Waals surface area contributed by atoms with Gasteiger partial charge in [-0.3, -0.25) is 9.69 Å². The van der Waals surface area contributed by atoms with Gasteiger partial charge in [0.1, 0.15) is 18.4 Å². The largest absolute Gasteiger partial charge is 0.489 e. The zero-order valence-electron chi connectivity index (χ0n) is 13.3. The van der Waals surface area contributed by atoms with Gasteiger partial charge in [0.05, 0.1) is 0 Å². The molecule has 24 heavy (non-hydrogen) atoms. The molecule has 7 nitrogen and oxygen atoms in total. The lowest BCUT2D eigenvalue weighted by Gasteiger charge is -2.16. The van der Waals surface area contributed by atoms with Crippen molar-refractivity contribution >= 4 is 11.9 Å². The van der Waals surface area contributed by atoms with Crippen LogP contribution in [0.15, 0.2) is 42.7 Å². The van der Waals surface area contributed by atoms with Crippen LogP contribution in [0.2, 0.25) is 0 Å². The fraction of sp³-hybridized carbons (Fsp3) is 0.353. The molecule has 1 atom stereocenters. The Morgan fingerprint density at radius 2 is 2.04 bits per heavy atom. The number of likely N-dealkylation sites (tertiary alicyclic amines) is 1. The smallest absolute Gasteiger partial charge is 0.322 e. The maximum atomic E-state index is 10.5. The summed E-state index contributed by atoms with van der Waals surface area (Å²) in [5, 5.41) is 11.3. The number of aliphatic carboxylic acids is 1. The van der Waals surface area contributed by atoms with Crippen molar-refractivity contribution < 1.29 is 14.6 Å². The summed E-state index contributed by atoms with van der Waals surface area (Å²) in [6.07, 6.45) is 4.64. The lowest BCUT2D eigenvalue weighted by molar-refractivity contribution is -0.134. The van der Waals surface area contributed by atoms with E-state index in [9.17, 15) is 4.79 Å². The van der Waals surface area contributed by atoms with E-state index in [1.165, 1.54) is 0 Å². The van der Waals surface area contributed by atoms with E-state index in [1.54, 1.807) is 12.4 Å². The summed E-state index contributed by atoms with van der Waals surface area (Å²) in [7, 11) is 0. The Morgan fingerprint density at radius 3 is 2.75 bits per heavy atom. The fourth-order valence-corrected chi connectivity index (χ4v) is 2.67. The molecule has 0 unspecified atom stereocenters. The molecule has 0 spiro atoms. The molecule has 2 aromatic rings. The van der Waals surface area contributed by atoms with Crippen LogP contribution in [0.1, 0.15) is 12.0 Å². The van der Waals surface area contributed by atoms with Gasteiger partial charge >= 0.3 is 5.97 Å². The van der Waals surface area contributed by atoms with Gasteiger partial charge < -0.3 is 15.2 Å². The highest BCUT2D eigenvalue weighted by Gasteiger charge is 2.24. The Hall–Kier alpha value is -2.67. The number of anilines is 1. The number of aromatic nitrogens is 2. The lowest BCUT2D eigenvalue weighted by atomic mass is 10.3. The number of ether oxygens (including phenoxy) is 1. The number of benzene rings is 1. The first-order valence-electron chi connectivity index (χ1n) is 7.90. The SMILES string of the molecule is O=C(O)CNc1ncc(CN2CC[C@H](Oc3ccccc3)C2)cn1. The quantitative estimate of drug-likeness (QED) is 0.798. The number of hydrogen-bond acceptors (Lipinski definition) is 6. The summed E-state index contributed by atoms with van der Waals surface area (Å²) in [5.74, 6) is 0.290. The van der Waals surface area contributed by atoms with Crippen LogP contribution < -0.4 is 10.1 Å². The zero-order chi connectivity index (χ0) is 16.8. The van der Waals surface area contributed by atoms with E-state index >= 15 is 0 Å². The van der Waals surface area contributed by atoms with E-state index in [0.717, 1.165) is 37.4 Å². The molecule has 7 heteroatoms. The monoisotopic (exact) mass is 328 g/mol. The number of para-hydroxylation sites is 1.